The Balaban J connectivity index is 1.72. The zero-order valence-corrected chi connectivity index (χ0v) is 17.3. The first-order valence-corrected chi connectivity index (χ1v) is 10.6. The molecule has 0 radical (unpaired) electrons. The lowest BCUT2D eigenvalue weighted by molar-refractivity contribution is -0.114. The van der Waals surface area contributed by atoms with E-state index in [0.29, 0.717) is 11.7 Å². The number of anilines is 1. The van der Waals surface area contributed by atoms with E-state index in [9.17, 15) is 4.79 Å². The van der Waals surface area contributed by atoms with Crippen molar-refractivity contribution in [2.24, 2.45) is 0 Å². The smallest absolute Gasteiger partial charge is 0.253 e. The first kappa shape index (κ1) is 18.5. The standard InChI is InChI=1S/C22H19N3OS2/c1-15-11-16(2)21-19(12-15)28-22(24-21)25(14-17-5-3-9-23-13-17)20(26)8-7-18-6-4-10-27-18/h3-13H,14H2,1-2H3/b8-7+. The van der Waals surface area contributed by atoms with E-state index in [-0.39, 0.29) is 5.91 Å². The number of rotatable bonds is 5. The fourth-order valence-corrected chi connectivity index (χ4v) is 4.78. The Labute approximate surface area is 171 Å². The van der Waals surface area contributed by atoms with Gasteiger partial charge in [0, 0.05) is 23.3 Å². The van der Waals surface area contributed by atoms with Gasteiger partial charge in [-0.25, -0.2) is 4.98 Å². The van der Waals surface area contributed by atoms with Crippen molar-refractivity contribution >= 4 is 50.0 Å². The number of benzene rings is 1. The van der Waals surface area contributed by atoms with E-state index in [1.165, 1.54) is 5.56 Å². The van der Waals surface area contributed by atoms with E-state index < -0.39 is 0 Å². The van der Waals surface area contributed by atoms with Crippen LogP contribution in [0, 0.1) is 13.8 Å². The Morgan fingerprint density at radius 3 is 2.86 bits per heavy atom. The molecule has 3 aromatic heterocycles. The van der Waals surface area contributed by atoms with Gasteiger partial charge in [0.15, 0.2) is 5.13 Å². The topological polar surface area (TPSA) is 46.1 Å². The molecule has 0 fully saturated rings. The number of thiazole rings is 1. The molecular weight excluding hydrogens is 386 g/mol. The van der Waals surface area contributed by atoms with Gasteiger partial charge in [0.2, 0.25) is 0 Å². The molecule has 4 nitrogen and oxygen atoms in total. The number of amides is 1. The van der Waals surface area contributed by atoms with Crippen LogP contribution in [0.4, 0.5) is 5.13 Å². The second-order valence-electron chi connectivity index (χ2n) is 6.56. The summed E-state index contributed by atoms with van der Waals surface area (Å²) in [5.41, 5.74) is 4.24. The fraction of sp³-hybridized carbons (Fsp3) is 0.136. The maximum Gasteiger partial charge on any atom is 0.253 e. The number of aryl methyl sites for hydroxylation is 2. The first-order valence-electron chi connectivity index (χ1n) is 8.90. The van der Waals surface area contributed by atoms with Crippen molar-refractivity contribution in [3.63, 3.8) is 0 Å². The molecule has 0 spiro atoms. The van der Waals surface area contributed by atoms with Gasteiger partial charge in [-0.05, 0) is 60.2 Å². The third kappa shape index (κ3) is 4.03. The molecule has 0 aliphatic carbocycles. The Morgan fingerprint density at radius 1 is 1.21 bits per heavy atom. The SMILES string of the molecule is Cc1cc(C)c2nc(N(Cc3cccnc3)C(=O)/C=C/c3cccs3)sc2c1. The average molecular weight is 406 g/mol. The van der Waals surface area contributed by atoms with Crippen molar-refractivity contribution in [2.75, 3.05) is 4.90 Å². The van der Waals surface area contributed by atoms with Gasteiger partial charge in [0.1, 0.15) is 0 Å². The molecule has 3 heterocycles. The molecule has 140 valence electrons. The van der Waals surface area contributed by atoms with Crippen molar-refractivity contribution in [1.82, 2.24) is 9.97 Å². The molecule has 0 aliphatic heterocycles. The highest BCUT2D eigenvalue weighted by Gasteiger charge is 2.19. The van der Waals surface area contributed by atoms with Crippen LogP contribution in [0.3, 0.4) is 0 Å². The number of carbonyl (C=O) groups excluding carboxylic acids is 1. The van der Waals surface area contributed by atoms with Crippen LogP contribution in [0.25, 0.3) is 16.3 Å². The molecule has 1 amide bonds. The highest BCUT2D eigenvalue weighted by molar-refractivity contribution is 7.22. The Bertz CT molecular complexity index is 1130. The maximum absolute atomic E-state index is 13.1. The summed E-state index contributed by atoms with van der Waals surface area (Å²) in [7, 11) is 0. The second-order valence-corrected chi connectivity index (χ2v) is 8.55. The number of nitrogens with zero attached hydrogens (tertiary/aromatic N) is 3. The second kappa shape index (κ2) is 8.04. The molecular formula is C22H19N3OS2. The van der Waals surface area contributed by atoms with Crippen LogP contribution in [0.5, 0.6) is 0 Å². The van der Waals surface area contributed by atoms with Crippen LogP contribution in [0.1, 0.15) is 21.6 Å². The summed E-state index contributed by atoms with van der Waals surface area (Å²) in [5.74, 6) is -0.0920. The molecule has 0 unspecified atom stereocenters. The van der Waals surface area contributed by atoms with Crippen LogP contribution >= 0.6 is 22.7 Å². The Morgan fingerprint density at radius 2 is 2.11 bits per heavy atom. The molecule has 0 bridgehead atoms. The van der Waals surface area contributed by atoms with Crippen LogP contribution in [0.15, 0.2) is 60.2 Å². The van der Waals surface area contributed by atoms with Crippen LogP contribution in [-0.2, 0) is 11.3 Å². The number of pyridine rings is 1. The summed E-state index contributed by atoms with van der Waals surface area (Å²) < 4.78 is 1.10. The lowest BCUT2D eigenvalue weighted by Gasteiger charge is -2.18. The lowest BCUT2D eigenvalue weighted by Crippen LogP contribution is -2.28. The molecule has 28 heavy (non-hydrogen) atoms. The number of aromatic nitrogens is 2. The number of fused-ring (bicyclic) bond motifs is 1. The largest absolute Gasteiger partial charge is 0.280 e. The van der Waals surface area contributed by atoms with Gasteiger partial charge in [-0.3, -0.25) is 14.7 Å². The molecule has 4 aromatic rings. The average Bonchev–Trinajstić information content (AvgIpc) is 3.34. The molecule has 0 saturated heterocycles. The molecule has 0 N–H and O–H groups in total. The summed E-state index contributed by atoms with van der Waals surface area (Å²) in [5, 5.41) is 2.70. The zero-order valence-electron chi connectivity index (χ0n) is 15.6. The fourth-order valence-electron chi connectivity index (χ4n) is 3.02. The van der Waals surface area contributed by atoms with Crippen molar-refractivity contribution in [2.45, 2.75) is 20.4 Å². The normalized spacial score (nSPS) is 11.4. The maximum atomic E-state index is 13.1. The summed E-state index contributed by atoms with van der Waals surface area (Å²) in [6.45, 7) is 4.57. The van der Waals surface area contributed by atoms with Crippen molar-refractivity contribution in [1.29, 1.82) is 0 Å². The third-order valence-corrected chi connectivity index (χ3v) is 6.18. The van der Waals surface area contributed by atoms with Gasteiger partial charge in [-0.1, -0.05) is 29.5 Å². The van der Waals surface area contributed by atoms with Crippen LogP contribution in [-0.4, -0.2) is 15.9 Å². The predicted octanol–water partition coefficient (Wildman–Crippen LogP) is 5.62. The van der Waals surface area contributed by atoms with Gasteiger partial charge in [0.05, 0.1) is 16.8 Å². The molecule has 0 saturated carbocycles. The molecule has 0 atom stereocenters. The zero-order chi connectivity index (χ0) is 19.5. The predicted molar refractivity (Wildman–Crippen MR) is 118 cm³/mol. The highest BCUT2D eigenvalue weighted by atomic mass is 32.1. The summed E-state index contributed by atoms with van der Waals surface area (Å²) in [6.07, 6.45) is 6.99. The number of carbonyl (C=O) groups is 1. The van der Waals surface area contributed by atoms with Crippen molar-refractivity contribution in [3.05, 3.63) is 81.8 Å². The van der Waals surface area contributed by atoms with E-state index in [0.717, 1.165) is 26.2 Å². The lowest BCUT2D eigenvalue weighted by atomic mass is 10.1. The van der Waals surface area contributed by atoms with E-state index in [1.54, 1.807) is 46.0 Å². The Kier molecular flexibility index (Phi) is 5.32. The van der Waals surface area contributed by atoms with Gasteiger partial charge in [-0.2, -0.15) is 0 Å². The monoisotopic (exact) mass is 405 g/mol. The minimum Gasteiger partial charge on any atom is -0.280 e. The van der Waals surface area contributed by atoms with Crippen molar-refractivity contribution < 1.29 is 4.79 Å². The molecule has 1 aromatic carbocycles. The number of hydrogen-bond acceptors (Lipinski definition) is 5. The van der Waals surface area contributed by atoms with E-state index in [1.807, 2.05) is 35.7 Å². The number of thiophene rings is 1. The molecule has 0 aliphatic rings. The van der Waals surface area contributed by atoms with E-state index in [2.05, 4.69) is 31.0 Å². The summed E-state index contributed by atoms with van der Waals surface area (Å²) in [6, 6.07) is 12.1. The third-order valence-electron chi connectivity index (χ3n) is 4.31. The van der Waals surface area contributed by atoms with Gasteiger partial charge in [-0.15, -0.1) is 11.3 Å². The van der Waals surface area contributed by atoms with Crippen molar-refractivity contribution in [3.8, 4) is 0 Å². The number of hydrogen-bond donors (Lipinski definition) is 0. The molecule has 6 heteroatoms. The highest BCUT2D eigenvalue weighted by Crippen LogP contribution is 2.32. The van der Waals surface area contributed by atoms with E-state index >= 15 is 0 Å². The van der Waals surface area contributed by atoms with E-state index in [4.69, 9.17) is 4.98 Å². The minimum atomic E-state index is -0.0920. The Hall–Kier alpha value is -2.83. The minimum absolute atomic E-state index is 0.0920. The first-order chi connectivity index (χ1) is 13.6. The van der Waals surface area contributed by atoms with Crippen LogP contribution < -0.4 is 4.90 Å². The summed E-state index contributed by atoms with van der Waals surface area (Å²) >= 11 is 3.15. The quantitative estimate of drug-likeness (QED) is 0.405. The van der Waals surface area contributed by atoms with Gasteiger partial charge in [0.25, 0.3) is 5.91 Å². The van der Waals surface area contributed by atoms with Gasteiger partial charge < -0.3 is 0 Å². The van der Waals surface area contributed by atoms with Crippen LogP contribution in [0.2, 0.25) is 0 Å². The molecule has 4 rings (SSSR count). The van der Waals surface area contributed by atoms with Gasteiger partial charge >= 0.3 is 0 Å². The summed E-state index contributed by atoms with van der Waals surface area (Å²) in [4.78, 5) is 24.8.